The molecule has 1 aliphatic rings. The van der Waals surface area contributed by atoms with Crippen LogP contribution in [0.3, 0.4) is 0 Å². The van der Waals surface area contributed by atoms with E-state index >= 15 is 0 Å². The van der Waals surface area contributed by atoms with E-state index in [1.54, 1.807) is 6.07 Å². The van der Waals surface area contributed by atoms with Crippen LogP contribution in [0.15, 0.2) is 18.2 Å². The van der Waals surface area contributed by atoms with E-state index in [0.717, 1.165) is 37.4 Å². The summed E-state index contributed by atoms with van der Waals surface area (Å²) in [4.78, 5) is 27.2. The first-order chi connectivity index (χ1) is 9.99. The van der Waals surface area contributed by atoms with Crippen molar-refractivity contribution >= 4 is 17.5 Å². The number of primary amides is 1. The van der Waals surface area contributed by atoms with Gasteiger partial charge in [-0.25, -0.2) is 0 Å². The first kappa shape index (κ1) is 15.3. The molecule has 0 spiro atoms. The molecule has 1 aliphatic heterocycles. The van der Waals surface area contributed by atoms with Crippen LogP contribution in [-0.2, 0) is 4.79 Å². The second kappa shape index (κ2) is 6.58. The molecule has 0 aliphatic carbocycles. The van der Waals surface area contributed by atoms with Crippen molar-refractivity contribution in [2.24, 2.45) is 5.73 Å². The zero-order valence-electron chi connectivity index (χ0n) is 12.6. The van der Waals surface area contributed by atoms with Gasteiger partial charge in [-0.15, -0.1) is 0 Å². The maximum absolute atomic E-state index is 12.2. The number of nitrogens with one attached hydrogen (secondary N) is 1. The third-order valence-electron chi connectivity index (χ3n) is 3.76. The summed E-state index contributed by atoms with van der Waals surface area (Å²) in [6, 6.07) is 5.40. The number of aryl methyl sites for hydroxylation is 1. The number of piperazine rings is 1. The van der Waals surface area contributed by atoms with Gasteiger partial charge >= 0.3 is 0 Å². The van der Waals surface area contributed by atoms with Gasteiger partial charge in [-0.2, -0.15) is 0 Å². The molecule has 1 aromatic carbocycles. The van der Waals surface area contributed by atoms with Crippen LogP contribution in [0, 0.1) is 6.92 Å². The SMILES string of the molecule is Cc1cc(N(C)CC(=O)N2CCNCC2)ccc1C(N)=O. The van der Waals surface area contributed by atoms with E-state index in [1.807, 2.05) is 35.9 Å². The van der Waals surface area contributed by atoms with Crippen LogP contribution in [0.5, 0.6) is 0 Å². The van der Waals surface area contributed by atoms with E-state index in [-0.39, 0.29) is 5.91 Å². The molecule has 0 aromatic heterocycles. The van der Waals surface area contributed by atoms with Crippen molar-refractivity contribution in [1.82, 2.24) is 10.2 Å². The standard InChI is InChI=1S/C15H22N4O2/c1-11-9-12(3-4-13(11)15(16)21)18(2)10-14(20)19-7-5-17-6-8-19/h3-4,9,17H,5-8,10H2,1-2H3,(H2,16,21). The highest BCUT2D eigenvalue weighted by Gasteiger charge is 2.18. The molecular formula is C15H22N4O2. The second-order valence-electron chi connectivity index (χ2n) is 5.35. The van der Waals surface area contributed by atoms with Crippen molar-refractivity contribution in [2.75, 3.05) is 44.7 Å². The van der Waals surface area contributed by atoms with Crippen molar-refractivity contribution in [1.29, 1.82) is 0 Å². The lowest BCUT2D eigenvalue weighted by atomic mass is 10.1. The molecule has 21 heavy (non-hydrogen) atoms. The summed E-state index contributed by atoms with van der Waals surface area (Å²) >= 11 is 0. The predicted octanol–water partition coefficient (Wildman–Crippen LogP) is -0.0381. The van der Waals surface area contributed by atoms with Crippen molar-refractivity contribution in [3.63, 3.8) is 0 Å². The highest BCUT2D eigenvalue weighted by atomic mass is 16.2. The summed E-state index contributed by atoms with van der Waals surface area (Å²) in [5, 5.41) is 3.23. The smallest absolute Gasteiger partial charge is 0.248 e. The Morgan fingerprint density at radius 2 is 2.00 bits per heavy atom. The highest BCUT2D eigenvalue weighted by molar-refractivity contribution is 5.94. The summed E-state index contributed by atoms with van der Waals surface area (Å²) in [6.07, 6.45) is 0. The average Bonchev–Trinajstić information content (AvgIpc) is 2.47. The number of likely N-dealkylation sites (N-methyl/N-ethyl adjacent to an activating group) is 1. The number of carbonyl (C=O) groups excluding carboxylic acids is 2. The van der Waals surface area contributed by atoms with Crippen LogP contribution in [0.2, 0.25) is 0 Å². The molecule has 1 saturated heterocycles. The third-order valence-corrected chi connectivity index (χ3v) is 3.76. The van der Waals surface area contributed by atoms with Crippen molar-refractivity contribution in [3.05, 3.63) is 29.3 Å². The fourth-order valence-corrected chi connectivity index (χ4v) is 2.47. The van der Waals surface area contributed by atoms with Crippen molar-refractivity contribution in [3.8, 4) is 0 Å². The molecule has 0 atom stereocenters. The predicted molar refractivity (Wildman–Crippen MR) is 82.4 cm³/mol. The summed E-state index contributed by atoms with van der Waals surface area (Å²) in [5.74, 6) is -0.311. The molecule has 0 saturated carbocycles. The minimum atomic E-state index is -0.432. The average molecular weight is 290 g/mol. The molecule has 3 N–H and O–H groups in total. The Morgan fingerprint density at radius 1 is 1.33 bits per heavy atom. The summed E-state index contributed by atoms with van der Waals surface area (Å²) in [5.41, 5.74) is 7.54. The van der Waals surface area contributed by atoms with Gasteiger partial charge in [-0.3, -0.25) is 9.59 Å². The Morgan fingerprint density at radius 3 is 2.57 bits per heavy atom. The van der Waals surface area contributed by atoms with E-state index in [4.69, 9.17) is 5.73 Å². The van der Waals surface area contributed by atoms with Crippen LogP contribution in [0.1, 0.15) is 15.9 Å². The summed E-state index contributed by atoms with van der Waals surface area (Å²) in [6.45, 7) is 5.38. The molecule has 6 nitrogen and oxygen atoms in total. The lowest BCUT2D eigenvalue weighted by Gasteiger charge is -2.30. The lowest BCUT2D eigenvalue weighted by molar-refractivity contribution is -0.130. The fraction of sp³-hybridized carbons (Fsp3) is 0.467. The van der Waals surface area contributed by atoms with Gasteiger partial charge in [0.15, 0.2) is 0 Å². The Balaban J connectivity index is 2.02. The minimum Gasteiger partial charge on any atom is -0.366 e. The molecule has 114 valence electrons. The fourth-order valence-electron chi connectivity index (χ4n) is 2.47. The number of anilines is 1. The van der Waals surface area contributed by atoms with Gasteiger partial charge in [0.1, 0.15) is 0 Å². The van der Waals surface area contributed by atoms with E-state index in [2.05, 4.69) is 5.32 Å². The number of nitrogens with zero attached hydrogens (tertiary/aromatic N) is 2. The molecule has 0 radical (unpaired) electrons. The van der Waals surface area contributed by atoms with Crippen LogP contribution >= 0.6 is 0 Å². The molecule has 1 heterocycles. The maximum Gasteiger partial charge on any atom is 0.248 e. The monoisotopic (exact) mass is 290 g/mol. The number of rotatable bonds is 4. The van der Waals surface area contributed by atoms with Crippen molar-refractivity contribution in [2.45, 2.75) is 6.92 Å². The number of hydrogen-bond donors (Lipinski definition) is 2. The van der Waals surface area contributed by atoms with E-state index in [1.165, 1.54) is 0 Å². The van der Waals surface area contributed by atoms with E-state index < -0.39 is 5.91 Å². The number of hydrogen-bond acceptors (Lipinski definition) is 4. The molecule has 2 rings (SSSR count). The molecule has 2 amide bonds. The molecule has 6 heteroatoms. The van der Waals surface area contributed by atoms with Crippen LogP contribution < -0.4 is 16.0 Å². The van der Waals surface area contributed by atoms with E-state index in [0.29, 0.717) is 12.1 Å². The van der Waals surface area contributed by atoms with Gasteiger partial charge in [0.25, 0.3) is 0 Å². The number of carbonyl (C=O) groups is 2. The summed E-state index contributed by atoms with van der Waals surface area (Å²) in [7, 11) is 1.87. The Hall–Kier alpha value is -2.08. The van der Waals surface area contributed by atoms with Gasteiger partial charge in [-0.1, -0.05) is 0 Å². The third kappa shape index (κ3) is 3.72. The highest BCUT2D eigenvalue weighted by Crippen LogP contribution is 2.18. The lowest BCUT2D eigenvalue weighted by Crippen LogP contribution is -2.49. The normalized spacial score (nSPS) is 14.9. The topological polar surface area (TPSA) is 78.7 Å². The van der Waals surface area contributed by atoms with Gasteiger partial charge in [-0.05, 0) is 30.7 Å². The Labute approximate surface area is 124 Å². The first-order valence-corrected chi connectivity index (χ1v) is 7.09. The van der Waals surface area contributed by atoms with Crippen LogP contribution in [0.4, 0.5) is 5.69 Å². The van der Waals surface area contributed by atoms with Gasteiger partial charge < -0.3 is 20.9 Å². The zero-order chi connectivity index (χ0) is 15.4. The van der Waals surface area contributed by atoms with Gasteiger partial charge in [0, 0.05) is 44.5 Å². The van der Waals surface area contributed by atoms with Crippen LogP contribution in [0.25, 0.3) is 0 Å². The Bertz CT molecular complexity index is 538. The second-order valence-corrected chi connectivity index (χ2v) is 5.35. The quantitative estimate of drug-likeness (QED) is 0.816. The van der Waals surface area contributed by atoms with Gasteiger partial charge in [0.2, 0.25) is 11.8 Å². The first-order valence-electron chi connectivity index (χ1n) is 7.09. The van der Waals surface area contributed by atoms with Gasteiger partial charge in [0.05, 0.1) is 6.54 Å². The largest absolute Gasteiger partial charge is 0.366 e. The Kier molecular flexibility index (Phi) is 4.80. The van der Waals surface area contributed by atoms with Crippen molar-refractivity contribution < 1.29 is 9.59 Å². The summed E-state index contributed by atoms with van der Waals surface area (Å²) < 4.78 is 0. The molecular weight excluding hydrogens is 268 g/mol. The molecule has 0 bridgehead atoms. The number of amides is 2. The minimum absolute atomic E-state index is 0.121. The molecule has 1 aromatic rings. The zero-order valence-corrected chi connectivity index (χ0v) is 12.6. The number of nitrogens with two attached hydrogens (primary N) is 1. The maximum atomic E-state index is 12.2. The molecule has 1 fully saturated rings. The van der Waals surface area contributed by atoms with E-state index in [9.17, 15) is 9.59 Å². The molecule has 0 unspecified atom stereocenters. The van der Waals surface area contributed by atoms with Crippen LogP contribution in [-0.4, -0.2) is 56.5 Å². The number of benzene rings is 1.